The Morgan fingerprint density at radius 1 is 1.14 bits per heavy atom. The SMILES string of the molecule is CNC(=O)/C=C/CNCCCN1c2ccccc2CCc2ccc(Cl)cc21.Cl. The Balaban J connectivity index is 0.00000280. The van der Waals surface area contributed by atoms with E-state index in [1.165, 1.54) is 22.5 Å². The first-order valence-electron chi connectivity index (χ1n) is 9.42. The van der Waals surface area contributed by atoms with Gasteiger partial charge in [-0.25, -0.2) is 0 Å². The van der Waals surface area contributed by atoms with Crippen LogP contribution in [0.2, 0.25) is 5.02 Å². The number of aryl methyl sites for hydroxylation is 2. The first kappa shape index (κ1) is 22.3. The molecule has 0 atom stereocenters. The van der Waals surface area contributed by atoms with Gasteiger partial charge in [0.1, 0.15) is 0 Å². The van der Waals surface area contributed by atoms with Crippen molar-refractivity contribution in [3.8, 4) is 0 Å². The number of fused-ring (bicyclic) bond motifs is 2. The number of hydrogen-bond acceptors (Lipinski definition) is 3. The largest absolute Gasteiger partial charge is 0.356 e. The van der Waals surface area contributed by atoms with Gasteiger partial charge in [0.25, 0.3) is 0 Å². The van der Waals surface area contributed by atoms with Crippen molar-refractivity contribution in [2.75, 3.05) is 31.6 Å². The highest BCUT2D eigenvalue weighted by molar-refractivity contribution is 6.30. The van der Waals surface area contributed by atoms with Crippen LogP contribution in [0.1, 0.15) is 17.5 Å². The van der Waals surface area contributed by atoms with Crippen molar-refractivity contribution in [1.29, 1.82) is 0 Å². The Morgan fingerprint density at radius 2 is 1.89 bits per heavy atom. The normalized spacial score (nSPS) is 12.7. The van der Waals surface area contributed by atoms with E-state index < -0.39 is 0 Å². The van der Waals surface area contributed by atoms with Gasteiger partial charge in [0.2, 0.25) is 5.91 Å². The molecule has 0 radical (unpaired) electrons. The van der Waals surface area contributed by atoms with E-state index in [4.69, 9.17) is 11.6 Å². The summed E-state index contributed by atoms with van der Waals surface area (Å²) in [5.41, 5.74) is 5.22. The highest BCUT2D eigenvalue weighted by Gasteiger charge is 2.20. The Morgan fingerprint density at radius 3 is 2.68 bits per heavy atom. The second-order valence-corrected chi connectivity index (χ2v) is 7.06. The maximum absolute atomic E-state index is 11.2. The van der Waals surface area contributed by atoms with Gasteiger partial charge in [-0.3, -0.25) is 4.79 Å². The number of amides is 1. The lowest BCUT2D eigenvalue weighted by atomic mass is 10.0. The van der Waals surface area contributed by atoms with E-state index in [0.717, 1.165) is 37.4 Å². The summed E-state index contributed by atoms with van der Waals surface area (Å²) in [6.45, 7) is 2.48. The molecule has 3 rings (SSSR count). The molecule has 1 aliphatic rings. The monoisotopic (exact) mass is 419 g/mol. The van der Waals surface area contributed by atoms with Crippen LogP contribution in [0, 0.1) is 0 Å². The summed E-state index contributed by atoms with van der Waals surface area (Å²) in [5.74, 6) is -0.0774. The predicted molar refractivity (Wildman–Crippen MR) is 120 cm³/mol. The second kappa shape index (κ2) is 11.1. The van der Waals surface area contributed by atoms with Crippen molar-refractivity contribution in [2.24, 2.45) is 0 Å². The minimum Gasteiger partial charge on any atom is -0.356 e. The Bertz CT molecular complexity index is 823. The van der Waals surface area contributed by atoms with Crippen molar-refractivity contribution < 1.29 is 4.79 Å². The molecule has 2 aromatic rings. The van der Waals surface area contributed by atoms with Crippen LogP contribution in [-0.2, 0) is 17.6 Å². The minimum absolute atomic E-state index is 0. The fourth-order valence-corrected chi connectivity index (χ4v) is 3.59. The molecule has 2 N–H and O–H groups in total. The molecular formula is C22H27Cl2N3O. The number of benzene rings is 2. The number of hydrogen-bond donors (Lipinski definition) is 2. The molecule has 0 aromatic heterocycles. The van der Waals surface area contributed by atoms with Crippen LogP contribution in [0.25, 0.3) is 0 Å². The van der Waals surface area contributed by atoms with E-state index in [0.29, 0.717) is 6.54 Å². The third-order valence-corrected chi connectivity index (χ3v) is 5.03. The van der Waals surface area contributed by atoms with E-state index in [9.17, 15) is 4.79 Å². The van der Waals surface area contributed by atoms with E-state index >= 15 is 0 Å². The molecule has 0 fully saturated rings. The summed E-state index contributed by atoms with van der Waals surface area (Å²) in [5, 5.41) is 6.70. The molecule has 6 heteroatoms. The summed E-state index contributed by atoms with van der Waals surface area (Å²) in [4.78, 5) is 13.6. The summed E-state index contributed by atoms with van der Waals surface area (Å²) < 4.78 is 0. The number of rotatable bonds is 7. The van der Waals surface area contributed by atoms with Crippen molar-refractivity contribution in [3.05, 3.63) is 70.8 Å². The first-order chi connectivity index (χ1) is 13.2. The van der Waals surface area contributed by atoms with Crippen molar-refractivity contribution in [1.82, 2.24) is 10.6 Å². The molecule has 150 valence electrons. The van der Waals surface area contributed by atoms with Gasteiger partial charge in [-0.05, 0) is 55.1 Å². The highest BCUT2D eigenvalue weighted by Crippen LogP contribution is 2.37. The third-order valence-electron chi connectivity index (χ3n) is 4.80. The Hall–Kier alpha value is -2.01. The number of nitrogens with one attached hydrogen (secondary N) is 2. The van der Waals surface area contributed by atoms with Gasteiger partial charge in [0, 0.05) is 42.6 Å². The summed E-state index contributed by atoms with van der Waals surface area (Å²) in [7, 11) is 1.63. The fourth-order valence-electron chi connectivity index (χ4n) is 3.42. The molecule has 0 saturated heterocycles. The minimum atomic E-state index is -0.0774. The van der Waals surface area contributed by atoms with Gasteiger partial charge in [-0.1, -0.05) is 41.9 Å². The van der Waals surface area contributed by atoms with Gasteiger partial charge in [0.15, 0.2) is 0 Å². The van der Waals surface area contributed by atoms with Crippen molar-refractivity contribution >= 4 is 41.3 Å². The number of carbonyl (C=O) groups excluding carboxylic acids is 1. The standard InChI is InChI=1S/C22H26ClN3O.ClH/c1-24-22(27)8-4-13-25-14-5-15-26-20-7-3-2-6-17(20)9-10-18-11-12-19(23)16-21(18)26;/h2-4,6-8,11-12,16,25H,5,9-10,13-15H2,1H3,(H,24,27);1H/b8-4+;. The van der Waals surface area contributed by atoms with Crippen LogP contribution in [0.15, 0.2) is 54.6 Å². The molecular weight excluding hydrogens is 393 g/mol. The molecule has 28 heavy (non-hydrogen) atoms. The Kier molecular flexibility index (Phi) is 8.84. The van der Waals surface area contributed by atoms with E-state index in [1.54, 1.807) is 13.1 Å². The van der Waals surface area contributed by atoms with Crippen LogP contribution in [0.4, 0.5) is 11.4 Å². The summed E-state index contributed by atoms with van der Waals surface area (Å²) >= 11 is 6.30. The molecule has 0 spiro atoms. The number of likely N-dealkylation sites (N-methyl/N-ethyl adjacent to an activating group) is 1. The van der Waals surface area contributed by atoms with Crippen LogP contribution < -0.4 is 15.5 Å². The molecule has 1 heterocycles. The molecule has 0 unspecified atom stereocenters. The van der Waals surface area contributed by atoms with E-state index in [1.807, 2.05) is 12.1 Å². The van der Waals surface area contributed by atoms with Gasteiger partial charge < -0.3 is 15.5 Å². The van der Waals surface area contributed by atoms with Crippen LogP contribution in [0.3, 0.4) is 0 Å². The average Bonchev–Trinajstić information content (AvgIpc) is 2.84. The lowest BCUT2D eigenvalue weighted by molar-refractivity contribution is -0.116. The van der Waals surface area contributed by atoms with Crippen LogP contribution in [-0.4, -0.2) is 32.6 Å². The van der Waals surface area contributed by atoms with Crippen LogP contribution in [0.5, 0.6) is 0 Å². The number of carbonyl (C=O) groups is 1. The predicted octanol–water partition coefficient (Wildman–Crippen LogP) is 4.28. The summed E-state index contributed by atoms with van der Waals surface area (Å²) in [6.07, 6.45) is 6.46. The lowest BCUT2D eigenvalue weighted by Crippen LogP contribution is -2.24. The molecule has 0 aliphatic carbocycles. The highest BCUT2D eigenvalue weighted by atomic mass is 35.5. The van der Waals surface area contributed by atoms with E-state index in [2.05, 4.69) is 51.9 Å². The lowest BCUT2D eigenvalue weighted by Gasteiger charge is -2.27. The average molecular weight is 420 g/mol. The molecule has 0 bridgehead atoms. The zero-order valence-electron chi connectivity index (χ0n) is 16.1. The summed E-state index contributed by atoms with van der Waals surface area (Å²) in [6, 6.07) is 14.8. The molecule has 4 nitrogen and oxygen atoms in total. The number of anilines is 2. The quantitative estimate of drug-likeness (QED) is 0.519. The van der Waals surface area contributed by atoms with Gasteiger partial charge in [0.05, 0.1) is 0 Å². The van der Waals surface area contributed by atoms with E-state index in [-0.39, 0.29) is 18.3 Å². The first-order valence-corrected chi connectivity index (χ1v) is 9.79. The van der Waals surface area contributed by atoms with Gasteiger partial charge in [-0.2, -0.15) is 0 Å². The molecule has 1 aliphatic heterocycles. The Labute approximate surface area is 178 Å². The molecule has 0 saturated carbocycles. The number of halogens is 2. The zero-order valence-corrected chi connectivity index (χ0v) is 17.7. The third kappa shape index (κ3) is 5.74. The van der Waals surface area contributed by atoms with Gasteiger partial charge >= 0.3 is 0 Å². The topological polar surface area (TPSA) is 44.4 Å². The van der Waals surface area contributed by atoms with Gasteiger partial charge in [-0.15, -0.1) is 12.4 Å². The second-order valence-electron chi connectivity index (χ2n) is 6.63. The van der Waals surface area contributed by atoms with Crippen molar-refractivity contribution in [2.45, 2.75) is 19.3 Å². The number of para-hydroxylation sites is 1. The fraction of sp³-hybridized carbons (Fsp3) is 0.318. The van der Waals surface area contributed by atoms with Crippen molar-refractivity contribution in [3.63, 3.8) is 0 Å². The zero-order chi connectivity index (χ0) is 19.1. The maximum Gasteiger partial charge on any atom is 0.243 e. The molecule has 1 amide bonds. The number of nitrogens with zero attached hydrogens (tertiary/aromatic N) is 1. The maximum atomic E-state index is 11.2. The smallest absolute Gasteiger partial charge is 0.243 e. The van der Waals surface area contributed by atoms with Crippen LogP contribution >= 0.6 is 24.0 Å². The molecule has 2 aromatic carbocycles.